The Morgan fingerprint density at radius 2 is 2.11 bits per heavy atom. The van der Waals surface area contributed by atoms with Crippen LogP contribution in [-0.2, 0) is 4.79 Å². The summed E-state index contributed by atoms with van der Waals surface area (Å²) in [4.78, 5) is 11.9. The van der Waals surface area contributed by atoms with Crippen LogP contribution in [0.4, 0.5) is 5.69 Å². The highest BCUT2D eigenvalue weighted by atomic mass is 32.1. The van der Waals surface area contributed by atoms with Crippen LogP contribution in [-0.4, -0.2) is 32.9 Å². The fourth-order valence-corrected chi connectivity index (χ4v) is 1.62. The molecule has 0 radical (unpaired) electrons. The molecule has 0 saturated carbocycles. The molecule has 1 atom stereocenters. The van der Waals surface area contributed by atoms with Gasteiger partial charge in [0.15, 0.2) is 11.2 Å². The molecule has 0 aromatic heterocycles. The minimum Gasteiger partial charge on any atom is -0.508 e. The Labute approximate surface area is 114 Å². The number of aromatic hydroxyl groups is 1. The average Bonchev–Trinajstić information content (AvgIpc) is 2.65. The van der Waals surface area contributed by atoms with Crippen LogP contribution in [0.1, 0.15) is 6.92 Å². The molecule has 1 aliphatic rings. The van der Waals surface area contributed by atoms with E-state index < -0.39 is 11.9 Å². The van der Waals surface area contributed by atoms with Crippen LogP contribution in [0.3, 0.4) is 0 Å². The standard InChI is InChI=1S/C11H11N5O2S/c1-6-9(10(18)16(15-6)11(12)19)14-13-7-2-4-8(17)5-3-7/h2-5,9,17H,1H3,(H2,12,19)/t9-/m1/s1. The first-order chi connectivity index (χ1) is 8.99. The van der Waals surface area contributed by atoms with Gasteiger partial charge in [0, 0.05) is 0 Å². The zero-order chi connectivity index (χ0) is 14.0. The van der Waals surface area contributed by atoms with E-state index in [0.717, 1.165) is 5.01 Å². The van der Waals surface area contributed by atoms with E-state index >= 15 is 0 Å². The zero-order valence-electron chi connectivity index (χ0n) is 10.0. The molecule has 0 unspecified atom stereocenters. The van der Waals surface area contributed by atoms with Gasteiger partial charge in [0.05, 0.1) is 11.4 Å². The van der Waals surface area contributed by atoms with Crippen molar-refractivity contribution in [1.82, 2.24) is 5.01 Å². The van der Waals surface area contributed by atoms with E-state index in [9.17, 15) is 4.79 Å². The first kappa shape index (κ1) is 13.1. The highest BCUT2D eigenvalue weighted by Gasteiger charge is 2.35. The molecule has 0 spiro atoms. The number of hydrogen-bond donors (Lipinski definition) is 2. The van der Waals surface area contributed by atoms with Crippen LogP contribution in [0.5, 0.6) is 5.75 Å². The number of carbonyl (C=O) groups is 1. The predicted octanol–water partition coefficient (Wildman–Crippen LogP) is 1.31. The fraction of sp³-hybridized carbons (Fsp3) is 0.182. The number of benzene rings is 1. The normalized spacial score (nSPS) is 19.0. The topological polar surface area (TPSA) is 104 Å². The van der Waals surface area contributed by atoms with E-state index in [2.05, 4.69) is 15.3 Å². The summed E-state index contributed by atoms with van der Waals surface area (Å²) in [6.07, 6.45) is 0. The molecule has 3 N–H and O–H groups in total. The summed E-state index contributed by atoms with van der Waals surface area (Å²) in [7, 11) is 0. The lowest BCUT2D eigenvalue weighted by molar-refractivity contribution is -0.126. The number of nitrogens with zero attached hydrogens (tertiary/aromatic N) is 4. The van der Waals surface area contributed by atoms with Gasteiger partial charge >= 0.3 is 0 Å². The van der Waals surface area contributed by atoms with E-state index in [1.165, 1.54) is 12.1 Å². The predicted molar refractivity (Wildman–Crippen MR) is 73.2 cm³/mol. The Bertz CT molecular complexity index is 581. The van der Waals surface area contributed by atoms with Crippen molar-refractivity contribution < 1.29 is 9.90 Å². The van der Waals surface area contributed by atoms with E-state index in [1.807, 2.05) is 0 Å². The summed E-state index contributed by atoms with van der Waals surface area (Å²) in [5.74, 6) is -0.291. The molecule has 1 aliphatic heterocycles. The van der Waals surface area contributed by atoms with Gasteiger partial charge < -0.3 is 10.8 Å². The molecule has 1 heterocycles. The van der Waals surface area contributed by atoms with Crippen LogP contribution in [0.25, 0.3) is 0 Å². The van der Waals surface area contributed by atoms with Crippen LogP contribution >= 0.6 is 12.2 Å². The summed E-state index contributed by atoms with van der Waals surface area (Å²) in [5, 5.41) is 21.7. The van der Waals surface area contributed by atoms with Gasteiger partial charge in [0.2, 0.25) is 0 Å². The average molecular weight is 277 g/mol. The molecule has 2 rings (SSSR count). The third-order valence-electron chi connectivity index (χ3n) is 2.44. The molecule has 7 nitrogen and oxygen atoms in total. The lowest BCUT2D eigenvalue weighted by atomic mass is 10.2. The van der Waals surface area contributed by atoms with Gasteiger partial charge in [-0.3, -0.25) is 4.79 Å². The quantitative estimate of drug-likeness (QED) is 0.628. The number of phenols is 1. The van der Waals surface area contributed by atoms with Gasteiger partial charge in [-0.25, -0.2) is 0 Å². The molecule has 0 aliphatic carbocycles. The lowest BCUT2D eigenvalue weighted by Crippen LogP contribution is -2.37. The minimum atomic E-state index is -0.810. The Morgan fingerprint density at radius 1 is 1.47 bits per heavy atom. The highest BCUT2D eigenvalue weighted by molar-refractivity contribution is 7.80. The van der Waals surface area contributed by atoms with Gasteiger partial charge in [-0.15, -0.1) is 0 Å². The maximum Gasteiger partial charge on any atom is 0.282 e. The summed E-state index contributed by atoms with van der Waals surface area (Å²) in [5.41, 5.74) is 6.36. The van der Waals surface area contributed by atoms with Crippen LogP contribution in [0.2, 0.25) is 0 Å². The second-order valence-electron chi connectivity index (χ2n) is 3.86. The molecule has 1 aromatic carbocycles. The molecule has 0 fully saturated rings. The molecule has 0 bridgehead atoms. The molecule has 98 valence electrons. The third kappa shape index (κ3) is 2.74. The summed E-state index contributed by atoms with van der Waals surface area (Å²) in [6.45, 7) is 1.65. The van der Waals surface area contributed by atoms with Crippen molar-refractivity contribution in [3.05, 3.63) is 24.3 Å². The molecule has 1 amide bonds. The lowest BCUT2D eigenvalue weighted by Gasteiger charge is -2.08. The van der Waals surface area contributed by atoms with Crippen molar-refractivity contribution in [3.63, 3.8) is 0 Å². The SMILES string of the molecule is CC1=NN(C(N)=S)C(=O)[C@@H]1N=Nc1ccc(O)cc1. The first-order valence-corrected chi connectivity index (χ1v) is 5.78. The number of hydrogen-bond acceptors (Lipinski definition) is 6. The van der Waals surface area contributed by atoms with Crippen LogP contribution in [0.15, 0.2) is 39.6 Å². The smallest absolute Gasteiger partial charge is 0.282 e. The largest absolute Gasteiger partial charge is 0.508 e. The Hall–Kier alpha value is -2.35. The molecule has 19 heavy (non-hydrogen) atoms. The number of carbonyl (C=O) groups excluding carboxylic acids is 1. The number of amides is 1. The van der Waals surface area contributed by atoms with Crippen LogP contribution in [0, 0.1) is 0 Å². The van der Waals surface area contributed by atoms with E-state index in [-0.39, 0.29) is 10.9 Å². The number of thiocarbonyl (C=S) groups is 1. The second kappa shape index (κ2) is 5.11. The Kier molecular flexibility index (Phi) is 3.52. The van der Waals surface area contributed by atoms with Crippen molar-refractivity contribution in [2.45, 2.75) is 13.0 Å². The third-order valence-corrected chi connectivity index (χ3v) is 2.62. The van der Waals surface area contributed by atoms with Crippen molar-refractivity contribution in [2.24, 2.45) is 21.1 Å². The molecule has 1 aromatic rings. The Balaban J connectivity index is 2.16. The molecule has 8 heteroatoms. The van der Waals surface area contributed by atoms with Crippen molar-refractivity contribution in [3.8, 4) is 5.75 Å². The van der Waals surface area contributed by atoms with Gasteiger partial charge in [-0.05, 0) is 43.4 Å². The summed E-state index contributed by atoms with van der Waals surface area (Å²) in [6, 6.07) is 5.31. The van der Waals surface area contributed by atoms with E-state index in [1.54, 1.807) is 19.1 Å². The molecule has 0 saturated heterocycles. The number of azo groups is 1. The maximum absolute atomic E-state index is 11.9. The van der Waals surface area contributed by atoms with E-state index in [4.69, 9.17) is 23.1 Å². The number of hydrazone groups is 1. The minimum absolute atomic E-state index is 0.119. The summed E-state index contributed by atoms with van der Waals surface area (Å²) < 4.78 is 0. The number of rotatable bonds is 2. The van der Waals surface area contributed by atoms with Crippen molar-refractivity contribution in [2.75, 3.05) is 0 Å². The van der Waals surface area contributed by atoms with Crippen molar-refractivity contribution >= 4 is 34.6 Å². The van der Waals surface area contributed by atoms with Gasteiger partial charge in [-0.2, -0.15) is 20.3 Å². The van der Waals surface area contributed by atoms with Gasteiger partial charge in [0.1, 0.15) is 5.75 Å². The highest BCUT2D eigenvalue weighted by Crippen LogP contribution is 2.19. The van der Waals surface area contributed by atoms with Gasteiger partial charge in [0.25, 0.3) is 5.91 Å². The Morgan fingerprint density at radius 3 is 2.63 bits per heavy atom. The molecular formula is C11H11N5O2S. The van der Waals surface area contributed by atoms with E-state index in [0.29, 0.717) is 11.4 Å². The second-order valence-corrected chi connectivity index (χ2v) is 4.28. The van der Waals surface area contributed by atoms with Gasteiger partial charge in [-0.1, -0.05) is 0 Å². The maximum atomic E-state index is 11.9. The fourth-order valence-electron chi connectivity index (χ4n) is 1.49. The zero-order valence-corrected chi connectivity index (χ0v) is 10.8. The molecular weight excluding hydrogens is 266 g/mol. The van der Waals surface area contributed by atoms with Crippen LogP contribution < -0.4 is 5.73 Å². The number of nitrogens with two attached hydrogens (primary N) is 1. The first-order valence-electron chi connectivity index (χ1n) is 5.37. The van der Waals surface area contributed by atoms with Crippen molar-refractivity contribution in [1.29, 1.82) is 0 Å². The summed E-state index contributed by atoms with van der Waals surface area (Å²) >= 11 is 4.71. The number of phenolic OH excluding ortho intramolecular Hbond substituents is 1. The monoisotopic (exact) mass is 277 g/mol.